The Morgan fingerprint density at radius 3 is 2.30 bits per heavy atom. The fourth-order valence-corrected chi connectivity index (χ4v) is 2.75. The van der Waals surface area contributed by atoms with Crippen molar-refractivity contribution in [1.29, 1.82) is 0 Å². The van der Waals surface area contributed by atoms with Gasteiger partial charge < -0.3 is 15.4 Å². The Kier molecular flexibility index (Phi) is 5.97. The SMILES string of the molecule is COCC(=O)Nc1ccc(NC(C)CS(C)(=O)=O)cc1. The van der Waals surface area contributed by atoms with E-state index in [0.29, 0.717) is 5.69 Å². The Labute approximate surface area is 119 Å². The molecule has 2 N–H and O–H groups in total. The molecule has 1 rings (SSSR count). The normalized spacial score (nSPS) is 12.8. The zero-order valence-electron chi connectivity index (χ0n) is 11.8. The van der Waals surface area contributed by atoms with Gasteiger partial charge in [-0.2, -0.15) is 0 Å². The Balaban J connectivity index is 2.56. The summed E-state index contributed by atoms with van der Waals surface area (Å²) < 4.78 is 27.1. The molecule has 1 aromatic rings. The summed E-state index contributed by atoms with van der Waals surface area (Å²) in [6.07, 6.45) is 1.21. The molecule has 0 aliphatic carbocycles. The molecule has 0 bridgehead atoms. The van der Waals surface area contributed by atoms with Gasteiger partial charge in [-0.25, -0.2) is 8.42 Å². The van der Waals surface area contributed by atoms with Gasteiger partial charge in [-0.05, 0) is 31.2 Å². The maximum Gasteiger partial charge on any atom is 0.250 e. The van der Waals surface area contributed by atoms with Crippen LogP contribution in [0.1, 0.15) is 6.92 Å². The maximum absolute atomic E-state index is 11.3. The van der Waals surface area contributed by atoms with Crippen molar-refractivity contribution in [2.24, 2.45) is 0 Å². The molecular weight excluding hydrogens is 280 g/mol. The molecule has 6 nitrogen and oxygen atoms in total. The molecular formula is C13H20N2O4S. The van der Waals surface area contributed by atoms with Crippen LogP contribution in [-0.2, 0) is 19.4 Å². The van der Waals surface area contributed by atoms with E-state index < -0.39 is 9.84 Å². The van der Waals surface area contributed by atoms with Crippen molar-refractivity contribution in [3.63, 3.8) is 0 Å². The summed E-state index contributed by atoms with van der Waals surface area (Å²) in [4.78, 5) is 11.3. The Morgan fingerprint density at radius 1 is 1.25 bits per heavy atom. The second-order valence-electron chi connectivity index (χ2n) is 4.70. The number of methoxy groups -OCH3 is 1. The van der Waals surface area contributed by atoms with E-state index in [2.05, 4.69) is 10.6 Å². The van der Waals surface area contributed by atoms with Gasteiger partial charge >= 0.3 is 0 Å². The highest BCUT2D eigenvalue weighted by Crippen LogP contribution is 2.14. The molecule has 0 saturated heterocycles. The number of hydrogen-bond donors (Lipinski definition) is 2. The number of amides is 1. The van der Waals surface area contributed by atoms with E-state index in [4.69, 9.17) is 4.74 Å². The van der Waals surface area contributed by atoms with Crippen LogP contribution in [-0.4, -0.2) is 46.1 Å². The number of carbonyl (C=O) groups excluding carboxylic acids is 1. The molecule has 0 aromatic heterocycles. The lowest BCUT2D eigenvalue weighted by Gasteiger charge is -2.14. The van der Waals surface area contributed by atoms with Crippen LogP contribution >= 0.6 is 0 Å². The first kappa shape index (κ1) is 16.5. The largest absolute Gasteiger partial charge is 0.382 e. The smallest absolute Gasteiger partial charge is 0.250 e. The van der Waals surface area contributed by atoms with Crippen LogP contribution in [0.4, 0.5) is 11.4 Å². The van der Waals surface area contributed by atoms with E-state index in [-0.39, 0.29) is 24.3 Å². The summed E-state index contributed by atoms with van der Waals surface area (Å²) in [6, 6.07) is 6.85. The molecule has 0 heterocycles. The first-order valence-corrected chi connectivity index (χ1v) is 8.19. The molecule has 1 amide bonds. The summed E-state index contributed by atoms with van der Waals surface area (Å²) in [5, 5.41) is 5.76. The van der Waals surface area contributed by atoms with Gasteiger partial charge in [0.1, 0.15) is 16.4 Å². The second-order valence-corrected chi connectivity index (χ2v) is 6.88. The Bertz CT molecular complexity index is 540. The average Bonchev–Trinajstić information content (AvgIpc) is 2.29. The minimum atomic E-state index is -3.01. The number of nitrogens with one attached hydrogen (secondary N) is 2. The third-order valence-corrected chi connectivity index (χ3v) is 3.52. The fourth-order valence-electron chi connectivity index (χ4n) is 1.76. The molecule has 112 valence electrons. The van der Waals surface area contributed by atoms with Crippen LogP contribution in [0.2, 0.25) is 0 Å². The minimum Gasteiger partial charge on any atom is -0.382 e. The monoisotopic (exact) mass is 300 g/mol. The van der Waals surface area contributed by atoms with Crippen LogP contribution in [0.3, 0.4) is 0 Å². The number of ether oxygens (including phenoxy) is 1. The highest BCUT2D eigenvalue weighted by atomic mass is 32.2. The molecule has 1 unspecified atom stereocenters. The number of carbonyl (C=O) groups is 1. The number of hydrogen-bond acceptors (Lipinski definition) is 5. The van der Waals surface area contributed by atoms with Gasteiger partial charge in [0.25, 0.3) is 0 Å². The lowest BCUT2D eigenvalue weighted by molar-refractivity contribution is -0.119. The number of benzene rings is 1. The van der Waals surface area contributed by atoms with Gasteiger partial charge in [0.05, 0.1) is 5.75 Å². The van der Waals surface area contributed by atoms with Crippen molar-refractivity contribution in [3.8, 4) is 0 Å². The van der Waals surface area contributed by atoms with Gasteiger partial charge in [0.2, 0.25) is 5.91 Å². The molecule has 20 heavy (non-hydrogen) atoms. The van der Waals surface area contributed by atoms with Crippen LogP contribution in [0, 0.1) is 0 Å². The topological polar surface area (TPSA) is 84.5 Å². The van der Waals surface area contributed by atoms with E-state index in [9.17, 15) is 13.2 Å². The highest BCUT2D eigenvalue weighted by molar-refractivity contribution is 7.90. The molecule has 0 radical (unpaired) electrons. The zero-order valence-corrected chi connectivity index (χ0v) is 12.7. The molecule has 0 spiro atoms. The summed E-state index contributed by atoms with van der Waals surface area (Å²) in [7, 11) is -1.55. The predicted molar refractivity (Wildman–Crippen MR) is 79.7 cm³/mol. The molecule has 1 atom stereocenters. The fraction of sp³-hybridized carbons (Fsp3) is 0.462. The van der Waals surface area contributed by atoms with Crippen molar-refractivity contribution in [3.05, 3.63) is 24.3 Å². The van der Waals surface area contributed by atoms with E-state index in [1.54, 1.807) is 31.2 Å². The van der Waals surface area contributed by atoms with E-state index >= 15 is 0 Å². The van der Waals surface area contributed by atoms with Gasteiger partial charge in [0, 0.05) is 30.8 Å². The Morgan fingerprint density at radius 2 is 1.80 bits per heavy atom. The molecule has 1 aromatic carbocycles. The summed E-state index contributed by atoms with van der Waals surface area (Å²) in [5.41, 5.74) is 1.46. The van der Waals surface area contributed by atoms with Crippen LogP contribution < -0.4 is 10.6 Å². The summed E-state index contributed by atoms with van der Waals surface area (Å²) >= 11 is 0. The number of rotatable bonds is 7. The molecule has 7 heteroatoms. The third kappa shape index (κ3) is 6.53. The van der Waals surface area contributed by atoms with Gasteiger partial charge in [-0.1, -0.05) is 0 Å². The minimum absolute atomic E-state index is 0.00535. The molecule has 0 fully saturated rings. The average molecular weight is 300 g/mol. The van der Waals surface area contributed by atoms with Crippen LogP contribution in [0.25, 0.3) is 0 Å². The quantitative estimate of drug-likeness (QED) is 0.788. The van der Waals surface area contributed by atoms with Crippen molar-refractivity contribution >= 4 is 27.1 Å². The lowest BCUT2D eigenvalue weighted by atomic mass is 10.2. The molecule has 0 saturated carbocycles. The van der Waals surface area contributed by atoms with Gasteiger partial charge in [-0.15, -0.1) is 0 Å². The first-order valence-electron chi connectivity index (χ1n) is 6.13. The lowest BCUT2D eigenvalue weighted by Crippen LogP contribution is -2.25. The molecule has 0 aliphatic rings. The summed E-state index contributed by atoms with van der Waals surface area (Å²) in [6.45, 7) is 1.81. The number of anilines is 2. The van der Waals surface area contributed by atoms with E-state index in [1.165, 1.54) is 13.4 Å². The first-order chi connectivity index (χ1) is 9.30. The van der Waals surface area contributed by atoms with E-state index in [1.807, 2.05) is 0 Å². The number of sulfone groups is 1. The molecule has 0 aliphatic heterocycles. The third-order valence-electron chi connectivity index (χ3n) is 2.41. The van der Waals surface area contributed by atoms with Gasteiger partial charge in [-0.3, -0.25) is 4.79 Å². The Hall–Kier alpha value is -1.60. The van der Waals surface area contributed by atoms with Crippen molar-refractivity contribution < 1.29 is 17.9 Å². The maximum atomic E-state index is 11.3. The standard InChI is InChI=1S/C13H20N2O4S/c1-10(9-20(3,17)18)14-11-4-6-12(7-5-11)15-13(16)8-19-2/h4-7,10,14H,8-9H2,1-3H3,(H,15,16). The van der Waals surface area contributed by atoms with Crippen molar-refractivity contribution in [2.45, 2.75) is 13.0 Å². The van der Waals surface area contributed by atoms with Crippen molar-refractivity contribution in [1.82, 2.24) is 0 Å². The zero-order chi connectivity index (χ0) is 15.2. The second kappa shape index (κ2) is 7.25. The van der Waals surface area contributed by atoms with Gasteiger partial charge in [0.15, 0.2) is 0 Å². The van der Waals surface area contributed by atoms with Crippen LogP contribution in [0.15, 0.2) is 24.3 Å². The highest BCUT2D eigenvalue weighted by Gasteiger charge is 2.10. The van der Waals surface area contributed by atoms with Crippen LogP contribution in [0.5, 0.6) is 0 Å². The van der Waals surface area contributed by atoms with Crippen molar-refractivity contribution in [2.75, 3.05) is 36.4 Å². The predicted octanol–water partition coefficient (Wildman–Crippen LogP) is 1.12. The summed E-state index contributed by atoms with van der Waals surface area (Å²) in [5.74, 6) is -0.155. The van der Waals surface area contributed by atoms with E-state index in [0.717, 1.165) is 5.69 Å².